The van der Waals surface area contributed by atoms with Gasteiger partial charge in [0.1, 0.15) is 17.2 Å². The van der Waals surface area contributed by atoms with E-state index in [2.05, 4.69) is 36.2 Å². The molecule has 0 atom stereocenters. The lowest BCUT2D eigenvalue weighted by Gasteiger charge is -2.23. The molecule has 4 aromatic rings. The number of pyridine rings is 1. The molecule has 0 radical (unpaired) electrons. The zero-order chi connectivity index (χ0) is 26.7. The number of aryl methyl sites for hydroxylation is 1. The van der Waals surface area contributed by atoms with E-state index < -0.39 is 0 Å². The van der Waals surface area contributed by atoms with E-state index in [0.29, 0.717) is 5.69 Å². The van der Waals surface area contributed by atoms with Gasteiger partial charge in [-0.2, -0.15) is 5.10 Å². The molecule has 1 amide bonds. The van der Waals surface area contributed by atoms with Crippen LogP contribution in [0.3, 0.4) is 0 Å². The van der Waals surface area contributed by atoms with Gasteiger partial charge < -0.3 is 14.8 Å². The number of rotatable bonds is 7. The Morgan fingerprint density at radius 2 is 1.87 bits per heavy atom. The quantitative estimate of drug-likeness (QED) is 0.284. The Kier molecular flexibility index (Phi) is 7.36. The molecule has 198 valence electrons. The summed E-state index contributed by atoms with van der Waals surface area (Å²) in [6.45, 7) is 8.19. The van der Waals surface area contributed by atoms with Gasteiger partial charge >= 0.3 is 0 Å². The Morgan fingerprint density at radius 1 is 1.05 bits per heavy atom. The van der Waals surface area contributed by atoms with Crippen LogP contribution < -0.4 is 14.8 Å². The van der Waals surface area contributed by atoms with Gasteiger partial charge in [0.25, 0.3) is 0 Å². The van der Waals surface area contributed by atoms with Crippen molar-refractivity contribution >= 4 is 22.5 Å². The van der Waals surface area contributed by atoms with Gasteiger partial charge in [-0.05, 0) is 94.8 Å². The largest absolute Gasteiger partial charge is 0.490 e. The molecule has 0 aliphatic heterocycles. The van der Waals surface area contributed by atoms with E-state index in [1.807, 2.05) is 60.3 Å². The second-order valence-corrected chi connectivity index (χ2v) is 11.1. The van der Waals surface area contributed by atoms with Crippen LogP contribution >= 0.6 is 0 Å². The van der Waals surface area contributed by atoms with E-state index in [9.17, 15) is 4.79 Å². The first-order valence-electron chi connectivity index (χ1n) is 13.4. The maximum Gasteiger partial charge on any atom is 0.228 e. The summed E-state index contributed by atoms with van der Waals surface area (Å²) in [6, 6.07) is 13.7. The smallest absolute Gasteiger partial charge is 0.228 e. The fourth-order valence-corrected chi connectivity index (χ4v) is 4.84. The van der Waals surface area contributed by atoms with Gasteiger partial charge in [-0.25, -0.2) is 0 Å². The van der Waals surface area contributed by atoms with Crippen molar-refractivity contribution in [2.24, 2.45) is 0 Å². The minimum Gasteiger partial charge on any atom is -0.490 e. The third kappa shape index (κ3) is 6.15. The average molecular weight is 513 g/mol. The maximum absolute atomic E-state index is 12.7. The van der Waals surface area contributed by atoms with Gasteiger partial charge in [0.2, 0.25) is 5.91 Å². The van der Waals surface area contributed by atoms with Crippen LogP contribution in [0.15, 0.2) is 61.1 Å². The van der Waals surface area contributed by atoms with Crippen molar-refractivity contribution in [3.8, 4) is 17.2 Å². The maximum atomic E-state index is 12.7. The lowest BCUT2D eigenvalue weighted by Crippen LogP contribution is -2.22. The second kappa shape index (κ2) is 10.9. The van der Waals surface area contributed by atoms with Gasteiger partial charge in [-0.1, -0.05) is 18.6 Å². The lowest BCUT2D eigenvalue weighted by molar-refractivity contribution is -0.115. The van der Waals surface area contributed by atoms with E-state index in [1.54, 1.807) is 12.4 Å². The van der Waals surface area contributed by atoms with E-state index in [1.165, 1.54) is 19.3 Å². The van der Waals surface area contributed by atoms with E-state index in [4.69, 9.17) is 9.47 Å². The van der Waals surface area contributed by atoms with E-state index in [-0.39, 0.29) is 24.0 Å². The molecule has 5 rings (SSSR count). The van der Waals surface area contributed by atoms with Crippen LogP contribution in [-0.2, 0) is 16.8 Å². The van der Waals surface area contributed by atoms with Crippen molar-refractivity contribution in [2.75, 3.05) is 5.32 Å². The minimum absolute atomic E-state index is 0.0860. The molecule has 0 saturated heterocycles. The Morgan fingerprint density at radius 3 is 2.61 bits per heavy atom. The summed E-state index contributed by atoms with van der Waals surface area (Å²) in [5.41, 5.74) is 3.28. The monoisotopic (exact) mass is 512 g/mol. The SMILES string of the molecule is Cc1cc(CC(=O)Nc2cnn(C(C)(C)C)c2)ccc1Oc1ccnc2ccc(OC3CCCCC3)cc12. The molecular weight excluding hydrogens is 476 g/mol. The minimum atomic E-state index is -0.139. The van der Waals surface area contributed by atoms with Gasteiger partial charge in [-0.3, -0.25) is 14.5 Å². The molecule has 1 aliphatic rings. The third-order valence-electron chi connectivity index (χ3n) is 6.91. The topological polar surface area (TPSA) is 78.3 Å². The number of ether oxygens (including phenoxy) is 2. The van der Waals surface area contributed by atoms with Crippen LogP contribution in [0.4, 0.5) is 5.69 Å². The van der Waals surface area contributed by atoms with Gasteiger partial charge in [0, 0.05) is 17.8 Å². The number of carbonyl (C=O) groups excluding carboxylic acids is 1. The normalized spacial score (nSPS) is 14.4. The molecule has 1 fully saturated rings. The fourth-order valence-electron chi connectivity index (χ4n) is 4.84. The number of anilines is 1. The predicted octanol–water partition coefficient (Wildman–Crippen LogP) is 7.18. The van der Waals surface area contributed by atoms with Crippen LogP contribution in [0.1, 0.15) is 64.0 Å². The second-order valence-electron chi connectivity index (χ2n) is 11.1. The number of carbonyl (C=O) groups is 1. The molecule has 7 heteroatoms. The Bertz CT molecular complexity index is 1430. The first kappa shape index (κ1) is 25.8. The Labute approximate surface area is 224 Å². The van der Waals surface area contributed by atoms with Crippen molar-refractivity contribution in [1.82, 2.24) is 14.8 Å². The highest BCUT2D eigenvalue weighted by molar-refractivity contribution is 5.92. The fraction of sp³-hybridized carbons (Fsp3) is 0.387. The number of aromatic nitrogens is 3. The Balaban J connectivity index is 1.27. The standard InChI is InChI=1S/C31H36N4O3/c1-21-16-22(17-30(36)34-23-19-33-35(20-23)31(2,3)4)10-13-28(21)38-29-14-15-32-27-12-11-25(18-26(27)29)37-24-8-6-5-7-9-24/h10-16,18-20,24H,5-9,17H2,1-4H3,(H,34,36). The van der Waals surface area contributed by atoms with Gasteiger partial charge in [0.15, 0.2) is 0 Å². The predicted molar refractivity (Wildman–Crippen MR) is 150 cm³/mol. The van der Waals surface area contributed by atoms with E-state index in [0.717, 1.165) is 52.1 Å². The van der Waals surface area contributed by atoms with Gasteiger partial charge in [-0.15, -0.1) is 0 Å². The lowest BCUT2D eigenvalue weighted by atomic mass is 9.98. The molecule has 1 saturated carbocycles. The molecule has 7 nitrogen and oxygen atoms in total. The summed E-state index contributed by atoms with van der Waals surface area (Å²) < 4.78 is 14.5. The molecule has 2 aromatic carbocycles. The van der Waals surface area contributed by atoms with Crippen LogP contribution in [0.2, 0.25) is 0 Å². The molecule has 38 heavy (non-hydrogen) atoms. The van der Waals surface area contributed by atoms with Crippen molar-refractivity contribution in [1.29, 1.82) is 0 Å². The number of benzene rings is 2. The van der Waals surface area contributed by atoms with Crippen LogP contribution in [0, 0.1) is 6.92 Å². The summed E-state index contributed by atoms with van der Waals surface area (Å²) in [4.78, 5) is 17.2. The Hall–Kier alpha value is -3.87. The summed E-state index contributed by atoms with van der Waals surface area (Å²) in [6.07, 6.45) is 11.8. The van der Waals surface area contributed by atoms with Gasteiger partial charge in [0.05, 0.1) is 35.5 Å². The molecule has 1 aliphatic carbocycles. The number of fused-ring (bicyclic) bond motifs is 1. The van der Waals surface area contributed by atoms with Crippen molar-refractivity contribution in [3.63, 3.8) is 0 Å². The van der Waals surface area contributed by atoms with E-state index >= 15 is 0 Å². The number of amides is 1. The molecular formula is C31H36N4O3. The molecule has 0 unspecified atom stereocenters. The van der Waals surface area contributed by atoms with Crippen LogP contribution in [0.5, 0.6) is 17.2 Å². The molecule has 0 spiro atoms. The zero-order valence-corrected chi connectivity index (χ0v) is 22.7. The summed E-state index contributed by atoms with van der Waals surface area (Å²) in [7, 11) is 0. The highest BCUT2D eigenvalue weighted by atomic mass is 16.5. The van der Waals surface area contributed by atoms with Crippen molar-refractivity contribution in [3.05, 3.63) is 72.2 Å². The number of nitrogens with one attached hydrogen (secondary N) is 1. The average Bonchev–Trinajstić information content (AvgIpc) is 3.36. The summed E-state index contributed by atoms with van der Waals surface area (Å²) in [5, 5.41) is 8.20. The summed E-state index contributed by atoms with van der Waals surface area (Å²) in [5.74, 6) is 2.24. The first-order valence-corrected chi connectivity index (χ1v) is 13.4. The first-order chi connectivity index (χ1) is 18.2. The van der Waals surface area contributed by atoms with Crippen LogP contribution in [-0.4, -0.2) is 26.8 Å². The van der Waals surface area contributed by atoms with Crippen LogP contribution in [0.25, 0.3) is 10.9 Å². The highest BCUT2D eigenvalue weighted by Gasteiger charge is 2.17. The number of hydrogen-bond acceptors (Lipinski definition) is 5. The number of nitrogens with zero attached hydrogens (tertiary/aromatic N) is 3. The molecule has 2 aromatic heterocycles. The number of hydrogen-bond donors (Lipinski definition) is 1. The molecule has 0 bridgehead atoms. The highest BCUT2D eigenvalue weighted by Crippen LogP contribution is 2.34. The van der Waals surface area contributed by atoms with Crippen molar-refractivity contribution < 1.29 is 14.3 Å². The zero-order valence-electron chi connectivity index (χ0n) is 22.7. The molecule has 2 heterocycles. The van der Waals surface area contributed by atoms with Crippen molar-refractivity contribution in [2.45, 2.75) is 77.9 Å². The summed E-state index contributed by atoms with van der Waals surface area (Å²) >= 11 is 0. The third-order valence-corrected chi connectivity index (χ3v) is 6.91. The molecule has 1 N–H and O–H groups in total.